The number of ether oxygens (including phenoxy) is 1. The minimum absolute atomic E-state index is 0.573. The van der Waals surface area contributed by atoms with E-state index < -0.39 is 0 Å². The second-order valence-corrected chi connectivity index (χ2v) is 10.2. The molecule has 2 aromatic rings. The molecule has 1 saturated heterocycles. The van der Waals surface area contributed by atoms with Crippen LogP contribution in [0.1, 0.15) is 87.0 Å². The molecule has 0 aromatic heterocycles. The fraction of sp³-hybridized carbons (Fsp3) is 0.571. The minimum atomic E-state index is 0.573. The molecular weight excluding hydrogens is 366 g/mol. The number of hydrogen-bond donors (Lipinski definition) is 0. The highest BCUT2D eigenvalue weighted by molar-refractivity contribution is 5.42. The van der Waals surface area contributed by atoms with Gasteiger partial charge >= 0.3 is 0 Å². The van der Waals surface area contributed by atoms with E-state index in [1.807, 2.05) is 7.11 Å². The zero-order valence-electron chi connectivity index (χ0n) is 19.5. The second-order valence-electron chi connectivity index (χ2n) is 10.2. The Labute approximate surface area is 183 Å². The molecular formula is C28H39NO. The maximum absolute atomic E-state index is 5.74. The lowest BCUT2D eigenvalue weighted by atomic mass is 9.72. The normalized spacial score (nSPS) is 22.6. The molecule has 1 aliphatic carbocycles. The summed E-state index contributed by atoms with van der Waals surface area (Å²) in [7, 11) is 1.82. The molecule has 2 fully saturated rings. The van der Waals surface area contributed by atoms with Crippen molar-refractivity contribution in [2.24, 2.45) is 11.8 Å². The molecule has 1 aliphatic heterocycles. The van der Waals surface area contributed by atoms with Crippen LogP contribution in [0, 0.1) is 11.8 Å². The number of hydrogen-bond acceptors (Lipinski definition) is 2. The Bertz CT molecular complexity index is 851. The van der Waals surface area contributed by atoms with E-state index in [9.17, 15) is 0 Å². The summed E-state index contributed by atoms with van der Waals surface area (Å²) < 4.78 is 5.74. The summed E-state index contributed by atoms with van der Waals surface area (Å²) in [6.07, 6.45) is 3.91. The zero-order valence-corrected chi connectivity index (χ0v) is 19.5. The van der Waals surface area contributed by atoms with Crippen LogP contribution in [0.25, 0.3) is 0 Å². The third-order valence-electron chi connectivity index (χ3n) is 7.35. The highest BCUT2D eigenvalue weighted by Gasteiger charge is 2.34. The number of likely N-dealkylation sites (tertiary alicyclic amines) is 1. The lowest BCUT2D eigenvalue weighted by molar-refractivity contribution is 0.125. The molecule has 1 heterocycles. The fourth-order valence-electron chi connectivity index (χ4n) is 5.53. The minimum Gasteiger partial charge on any atom is -0.496 e. The van der Waals surface area contributed by atoms with Crippen molar-refractivity contribution < 1.29 is 4.74 Å². The van der Waals surface area contributed by atoms with Crippen LogP contribution in [-0.2, 0) is 6.54 Å². The molecule has 0 N–H and O–H groups in total. The first kappa shape index (κ1) is 21.4. The zero-order chi connectivity index (χ0) is 21.3. The molecule has 2 nitrogen and oxygen atoms in total. The van der Waals surface area contributed by atoms with Gasteiger partial charge in [0.2, 0.25) is 0 Å². The van der Waals surface area contributed by atoms with Crippen molar-refractivity contribution in [1.82, 2.24) is 4.90 Å². The summed E-state index contributed by atoms with van der Waals surface area (Å²) in [5, 5.41) is 0. The standard InChI is InChI=1S/C28H39NO/c1-19(2)23-8-6-7-9-26(23)27-18-29(15-14-24(27)20(3)4)17-21-10-13-25(22-11-12-22)28(16-21)30-5/h6-10,13,16,19-20,22,24,27H,11-12,14-15,17-18H2,1-5H3. The lowest BCUT2D eigenvalue weighted by Crippen LogP contribution is -2.40. The molecule has 2 aromatic carbocycles. The third kappa shape index (κ3) is 4.59. The van der Waals surface area contributed by atoms with Crippen molar-refractivity contribution in [2.45, 2.75) is 71.3 Å². The molecule has 4 rings (SSSR count). The van der Waals surface area contributed by atoms with Gasteiger partial charge in [-0.25, -0.2) is 0 Å². The molecule has 2 unspecified atom stereocenters. The molecule has 0 bridgehead atoms. The Hall–Kier alpha value is -1.80. The van der Waals surface area contributed by atoms with Crippen molar-refractivity contribution >= 4 is 0 Å². The van der Waals surface area contributed by atoms with Gasteiger partial charge in [0.15, 0.2) is 0 Å². The predicted molar refractivity (Wildman–Crippen MR) is 126 cm³/mol. The van der Waals surface area contributed by atoms with Crippen LogP contribution in [0.3, 0.4) is 0 Å². The van der Waals surface area contributed by atoms with Crippen molar-refractivity contribution in [3.63, 3.8) is 0 Å². The molecule has 0 radical (unpaired) electrons. The van der Waals surface area contributed by atoms with Gasteiger partial charge in [0.1, 0.15) is 5.75 Å². The van der Waals surface area contributed by atoms with E-state index in [0.717, 1.165) is 36.6 Å². The maximum atomic E-state index is 5.74. The van der Waals surface area contributed by atoms with Gasteiger partial charge in [0, 0.05) is 19.0 Å². The van der Waals surface area contributed by atoms with Gasteiger partial charge in [-0.05, 0) is 77.8 Å². The van der Waals surface area contributed by atoms with E-state index >= 15 is 0 Å². The van der Waals surface area contributed by atoms with Gasteiger partial charge in [-0.15, -0.1) is 0 Å². The number of methoxy groups -OCH3 is 1. The Balaban J connectivity index is 1.55. The number of piperidine rings is 1. The Morgan fingerprint density at radius 3 is 2.40 bits per heavy atom. The van der Waals surface area contributed by atoms with Crippen LogP contribution in [0.2, 0.25) is 0 Å². The van der Waals surface area contributed by atoms with Crippen LogP contribution < -0.4 is 4.74 Å². The Morgan fingerprint density at radius 1 is 0.967 bits per heavy atom. The number of rotatable bonds is 7. The maximum Gasteiger partial charge on any atom is 0.122 e. The Kier molecular flexibility index (Phi) is 6.53. The third-order valence-corrected chi connectivity index (χ3v) is 7.35. The smallest absolute Gasteiger partial charge is 0.122 e. The van der Waals surface area contributed by atoms with Crippen molar-refractivity contribution in [3.8, 4) is 5.75 Å². The number of benzene rings is 2. The average Bonchev–Trinajstić information content (AvgIpc) is 3.58. The van der Waals surface area contributed by atoms with E-state index in [-0.39, 0.29) is 0 Å². The van der Waals surface area contributed by atoms with E-state index in [1.54, 1.807) is 5.56 Å². The quantitative estimate of drug-likeness (QED) is 0.494. The van der Waals surface area contributed by atoms with E-state index in [1.165, 1.54) is 42.5 Å². The topological polar surface area (TPSA) is 12.5 Å². The average molecular weight is 406 g/mol. The van der Waals surface area contributed by atoms with Gasteiger partial charge in [-0.2, -0.15) is 0 Å². The lowest BCUT2D eigenvalue weighted by Gasteiger charge is -2.42. The van der Waals surface area contributed by atoms with Crippen LogP contribution in [0.4, 0.5) is 0 Å². The molecule has 30 heavy (non-hydrogen) atoms. The van der Waals surface area contributed by atoms with Crippen LogP contribution in [0.5, 0.6) is 5.75 Å². The van der Waals surface area contributed by atoms with Crippen LogP contribution >= 0.6 is 0 Å². The molecule has 0 spiro atoms. The van der Waals surface area contributed by atoms with E-state index in [4.69, 9.17) is 4.74 Å². The second kappa shape index (κ2) is 9.14. The highest BCUT2D eigenvalue weighted by Crippen LogP contribution is 2.45. The van der Waals surface area contributed by atoms with Gasteiger partial charge in [0.25, 0.3) is 0 Å². The molecule has 1 saturated carbocycles. The van der Waals surface area contributed by atoms with Gasteiger partial charge < -0.3 is 4.74 Å². The first-order valence-electron chi connectivity index (χ1n) is 12.0. The molecule has 2 atom stereocenters. The van der Waals surface area contributed by atoms with Gasteiger partial charge in [0.05, 0.1) is 7.11 Å². The first-order valence-corrected chi connectivity index (χ1v) is 12.0. The molecule has 2 aliphatic rings. The SMILES string of the molecule is COc1cc(CN2CCC(C(C)C)C(c3ccccc3C(C)C)C2)ccc1C1CC1. The monoisotopic (exact) mass is 405 g/mol. The first-order chi connectivity index (χ1) is 14.5. The van der Waals surface area contributed by atoms with Gasteiger partial charge in [-0.1, -0.05) is 64.1 Å². The summed E-state index contributed by atoms with van der Waals surface area (Å²) in [5.74, 6) is 4.48. The van der Waals surface area contributed by atoms with Crippen molar-refractivity contribution in [3.05, 3.63) is 64.7 Å². The van der Waals surface area contributed by atoms with E-state index in [0.29, 0.717) is 11.8 Å². The van der Waals surface area contributed by atoms with Crippen LogP contribution in [0.15, 0.2) is 42.5 Å². The summed E-state index contributed by atoms with van der Waals surface area (Å²) in [6.45, 7) is 12.8. The predicted octanol–water partition coefficient (Wildman–Crippen LogP) is 6.96. The van der Waals surface area contributed by atoms with Crippen molar-refractivity contribution in [1.29, 1.82) is 0 Å². The van der Waals surface area contributed by atoms with E-state index in [2.05, 4.69) is 75.1 Å². The summed E-state index contributed by atoms with van der Waals surface area (Å²) >= 11 is 0. The highest BCUT2D eigenvalue weighted by atomic mass is 16.5. The molecule has 2 heteroatoms. The molecule has 0 amide bonds. The van der Waals surface area contributed by atoms with Gasteiger partial charge in [-0.3, -0.25) is 4.90 Å². The summed E-state index contributed by atoms with van der Waals surface area (Å²) in [5.41, 5.74) is 5.90. The Morgan fingerprint density at radius 2 is 1.73 bits per heavy atom. The van der Waals surface area contributed by atoms with Crippen LogP contribution in [-0.4, -0.2) is 25.1 Å². The molecule has 162 valence electrons. The number of nitrogens with zero attached hydrogens (tertiary/aromatic N) is 1. The largest absolute Gasteiger partial charge is 0.496 e. The fourth-order valence-corrected chi connectivity index (χ4v) is 5.53. The summed E-state index contributed by atoms with van der Waals surface area (Å²) in [6, 6.07) is 16.1. The van der Waals surface area contributed by atoms with Crippen molar-refractivity contribution in [2.75, 3.05) is 20.2 Å². The summed E-state index contributed by atoms with van der Waals surface area (Å²) in [4.78, 5) is 2.67.